The minimum absolute atomic E-state index is 0.111. The number of hydrogen-bond acceptors (Lipinski definition) is 5. The van der Waals surface area contributed by atoms with Gasteiger partial charge in [0.15, 0.2) is 9.84 Å². The molecule has 0 bridgehead atoms. The summed E-state index contributed by atoms with van der Waals surface area (Å²) in [5.74, 6) is -0.268. The zero-order chi connectivity index (χ0) is 24.0. The van der Waals surface area contributed by atoms with Crippen LogP contribution in [-0.4, -0.2) is 49.8 Å². The molecule has 6 nitrogen and oxygen atoms in total. The Labute approximate surface area is 200 Å². The molecule has 0 spiro atoms. The predicted octanol–water partition coefficient (Wildman–Crippen LogP) is 4.66. The molecule has 1 heterocycles. The highest BCUT2D eigenvalue weighted by Gasteiger charge is 2.45. The molecule has 178 valence electrons. The molecule has 0 unspecified atom stereocenters. The van der Waals surface area contributed by atoms with Crippen molar-refractivity contribution in [2.75, 3.05) is 25.4 Å². The minimum Gasteiger partial charge on any atom is -0.481 e. The fourth-order valence-electron chi connectivity index (χ4n) is 4.34. The molecule has 34 heavy (non-hydrogen) atoms. The number of carbonyl (C=O) groups is 1. The second-order valence-corrected chi connectivity index (χ2v) is 10.8. The Morgan fingerprint density at radius 2 is 1.41 bits per heavy atom. The number of nitrogens with zero attached hydrogens (tertiary/aromatic N) is 1. The lowest BCUT2D eigenvalue weighted by atomic mass is 9.80. The Balaban J connectivity index is 1.39. The third-order valence-electron chi connectivity index (χ3n) is 6.45. The van der Waals surface area contributed by atoms with Gasteiger partial charge >= 0.3 is 5.97 Å². The van der Waals surface area contributed by atoms with Gasteiger partial charge in [0.1, 0.15) is 11.5 Å². The van der Waals surface area contributed by atoms with Crippen LogP contribution in [0.15, 0.2) is 89.8 Å². The molecule has 7 heteroatoms. The van der Waals surface area contributed by atoms with E-state index in [1.165, 1.54) is 17.7 Å². The third-order valence-corrected chi connectivity index (χ3v) is 8.38. The summed E-state index contributed by atoms with van der Waals surface area (Å²) in [6.07, 6.45) is 1.51. The highest BCUT2D eigenvalue weighted by molar-refractivity contribution is 7.91. The summed E-state index contributed by atoms with van der Waals surface area (Å²) in [5.41, 5.74) is -0.0405. The molecule has 1 N–H and O–H groups in total. The molecule has 1 aliphatic rings. The summed E-state index contributed by atoms with van der Waals surface area (Å²) >= 11 is 0. The predicted molar refractivity (Wildman–Crippen MR) is 131 cm³/mol. The molecule has 0 amide bonds. The van der Waals surface area contributed by atoms with Gasteiger partial charge < -0.3 is 14.7 Å². The van der Waals surface area contributed by atoms with Crippen LogP contribution in [0.1, 0.15) is 18.4 Å². The SMILES string of the molecule is O=C(O)C1(CS(=O)(=O)c2ccc(Oc3ccccc3)cc2)CCN(CCc2ccccc2)CC1. The van der Waals surface area contributed by atoms with Crippen molar-refractivity contribution in [1.82, 2.24) is 4.90 Å². The lowest BCUT2D eigenvalue weighted by molar-refractivity contribution is -0.150. The van der Waals surface area contributed by atoms with Crippen molar-refractivity contribution in [1.29, 1.82) is 0 Å². The molecule has 0 atom stereocenters. The number of piperidine rings is 1. The summed E-state index contributed by atoms with van der Waals surface area (Å²) in [4.78, 5) is 14.6. The summed E-state index contributed by atoms with van der Waals surface area (Å²) in [6, 6.07) is 25.5. The lowest BCUT2D eigenvalue weighted by Gasteiger charge is -2.38. The molecule has 3 aromatic carbocycles. The third kappa shape index (κ3) is 5.85. The maximum Gasteiger partial charge on any atom is 0.310 e. The average Bonchev–Trinajstić information content (AvgIpc) is 2.85. The van der Waals surface area contributed by atoms with Gasteiger partial charge in [-0.3, -0.25) is 4.79 Å². The van der Waals surface area contributed by atoms with Crippen molar-refractivity contribution in [3.8, 4) is 11.5 Å². The summed E-state index contributed by atoms with van der Waals surface area (Å²) < 4.78 is 32.0. The van der Waals surface area contributed by atoms with E-state index in [2.05, 4.69) is 17.0 Å². The van der Waals surface area contributed by atoms with Crippen LogP contribution in [0.5, 0.6) is 11.5 Å². The Bertz CT molecular complexity index is 1190. The van der Waals surface area contributed by atoms with Crippen molar-refractivity contribution in [3.05, 3.63) is 90.5 Å². The molecule has 0 aliphatic carbocycles. The van der Waals surface area contributed by atoms with E-state index in [-0.39, 0.29) is 4.90 Å². The zero-order valence-electron chi connectivity index (χ0n) is 19.0. The monoisotopic (exact) mass is 479 g/mol. The van der Waals surface area contributed by atoms with E-state index >= 15 is 0 Å². The van der Waals surface area contributed by atoms with Crippen LogP contribution in [0.2, 0.25) is 0 Å². The topological polar surface area (TPSA) is 83.9 Å². The van der Waals surface area contributed by atoms with Gasteiger partial charge in [0.05, 0.1) is 16.1 Å². The number of likely N-dealkylation sites (tertiary alicyclic amines) is 1. The first-order chi connectivity index (χ1) is 16.4. The first-order valence-corrected chi connectivity index (χ1v) is 13.1. The maximum atomic E-state index is 13.2. The van der Waals surface area contributed by atoms with E-state index in [0.717, 1.165) is 13.0 Å². The average molecular weight is 480 g/mol. The van der Waals surface area contributed by atoms with Crippen molar-refractivity contribution in [2.45, 2.75) is 24.2 Å². The number of ether oxygens (including phenoxy) is 1. The summed E-state index contributed by atoms with van der Waals surface area (Å²) in [7, 11) is -3.78. The molecular formula is C27H29NO5S. The standard InChI is InChI=1S/C27H29NO5S/c29-26(30)27(16-19-28(20-17-27)18-15-22-7-3-1-4-8-22)21-34(31,32)25-13-11-24(12-14-25)33-23-9-5-2-6-10-23/h1-14H,15-21H2,(H,29,30). The molecule has 0 radical (unpaired) electrons. The molecule has 4 rings (SSSR count). The Kier molecular flexibility index (Phi) is 7.34. The van der Waals surface area contributed by atoms with Crippen LogP contribution in [0.3, 0.4) is 0 Å². The van der Waals surface area contributed by atoms with E-state index in [4.69, 9.17) is 4.74 Å². The number of aliphatic carboxylic acids is 1. The maximum absolute atomic E-state index is 13.2. The zero-order valence-corrected chi connectivity index (χ0v) is 19.8. The van der Waals surface area contributed by atoms with Crippen molar-refractivity contribution in [2.24, 2.45) is 5.41 Å². The largest absolute Gasteiger partial charge is 0.481 e. The number of para-hydroxylation sites is 1. The van der Waals surface area contributed by atoms with Crippen LogP contribution < -0.4 is 4.74 Å². The van der Waals surface area contributed by atoms with Crippen LogP contribution in [0, 0.1) is 5.41 Å². The molecule has 1 aliphatic heterocycles. The van der Waals surface area contributed by atoms with Crippen molar-refractivity contribution >= 4 is 15.8 Å². The molecule has 0 saturated carbocycles. The normalized spacial score (nSPS) is 16.1. The molecule has 1 fully saturated rings. The van der Waals surface area contributed by atoms with Crippen LogP contribution >= 0.6 is 0 Å². The van der Waals surface area contributed by atoms with E-state index in [1.54, 1.807) is 12.1 Å². The van der Waals surface area contributed by atoms with E-state index in [9.17, 15) is 18.3 Å². The second-order valence-electron chi connectivity index (χ2n) is 8.81. The van der Waals surface area contributed by atoms with Crippen LogP contribution in [-0.2, 0) is 21.1 Å². The number of sulfone groups is 1. The Hall–Kier alpha value is -3.16. The van der Waals surface area contributed by atoms with E-state index in [0.29, 0.717) is 37.4 Å². The van der Waals surface area contributed by atoms with Crippen molar-refractivity contribution in [3.63, 3.8) is 0 Å². The van der Waals surface area contributed by atoms with Gasteiger partial charge in [-0.15, -0.1) is 0 Å². The van der Waals surface area contributed by atoms with Crippen molar-refractivity contribution < 1.29 is 23.1 Å². The minimum atomic E-state index is -3.78. The highest BCUT2D eigenvalue weighted by atomic mass is 32.2. The quantitative estimate of drug-likeness (QED) is 0.481. The molecule has 1 saturated heterocycles. The second kappa shape index (κ2) is 10.4. The van der Waals surface area contributed by atoms with E-state index in [1.807, 2.05) is 48.5 Å². The highest BCUT2D eigenvalue weighted by Crippen LogP contribution is 2.36. The van der Waals surface area contributed by atoms with Gasteiger partial charge in [-0.1, -0.05) is 48.5 Å². The van der Waals surface area contributed by atoms with Gasteiger partial charge in [0, 0.05) is 6.54 Å². The summed E-state index contributed by atoms with van der Waals surface area (Å²) in [6.45, 7) is 1.96. The van der Waals surface area contributed by atoms with Gasteiger partial charge in [-0.05, 0) is 74.3 Å². The van der Waals surface area contributed by atoms with Gasteiger partial charge in [-0.2, -0.15) is 0 Å². The lowest BCUT2D eigenvalue weighted by Crippen LogP contribution is -2.48. The smallest absolute Gasteiger partial charge is 0.310 e. The molecule has 3 aromatic rings. The first-order valence-electron chi connectivity index (χ1n) is 11.4. The number of benzene rings is 3. The Morgan fingerprint density at radius 3 is 2.00 bits per heavy atom. The van der Waals surface area contributed by atoms with Gasteiger partial charge in [0.25, 0.3) is 0 Å². The van der Waals surface area contributed by atoms with Gasteiger partial charge in [0.2, 0.25) is 0 Å². The molecule has 0 aromatic heterocycles. The number of carboxylic acids is 1. The number of hydrogen-bond donors (Lipinski definition) is 1. The number of rotatable bonds is 9. The first kappa shape index (κ1) is 24.0. The fraction of sp³-hybridized carbons (Fsp3) is 0.296. The Morgan fingerprint density at radius 1 is 0.853 bits per heavy atom. The summed E-state index contributed by atoms with van der Waals surface area (Å²) in [5, 5.41) is 10.00. The molecular weight excluding hydrogens is 450 g/mol. The van der Waals surface area contributed by atoms with E-state index < -0.39 is 27.0 Å². The van der Waals surface area contributed by atoms with Crippen LogP contribution in [0.4, 0.5) is 0 Å². The van der Waals surface area contributed by atoms with Crippen LogP contribution in [0.25, 0.3) is 0 Å². The fourth-order valence-corrected chi connectivity index (χ4v) is 6.20. The van der Waals surface area contributed by atoms with Gasteiger partial charge in [-0.25, -0.2) is 8.42 Å². The number of carboxylic acid groups (broad SMARTS) is 1.